The van der Waals surface area contributed by atoms with Gasteiger partial charge in [0.25, 0.3) is 0 Å². The van der Waals surface area contributed by atoms with E-state index in [4.69, 9.17) is 9.47 Å². The van der Waals surface area contributed by atoms with Crippen LogP contribution in [0.1, 0.15) is 19.8 Å². The largest absolute Gasteiger partial charge is 0.379 e. The zero-order valence-corrected chi connectivity index (χ0v) is 6.80. The molecule has 0 aromatic rings. The molecule has 1 rings (SSSR count). The van der Waals surface area contributed by atoms with Crippen molar-refractivity contribution in [1.29, 1.82) is 0 Å². The van der Waals surface area contributed by atoms with Gasteiger partial charge in [0.1, 0.15) is 0 Å². The first-order valence-corrected chi connectivity index (χ1v) is 3.99. The molecular weight excluding hydrogens is 128 g/mol. The van der Waals surface area contributed by atoms with Gasteiger partial charge in [-0.3, -0.25) is 0 Å². The molecule has 0 N–H and O–H groups in total. The highest BCUT2D eigenvalue weighted by atomic mass is 16.5. The van der Waals surface area contributed by atoms with Gasteiger partial charge < -0.3 is 9.47 Å². The number of hydrogen-bond acceptors (Lipinski definition) is 2. The summed E-state index contributed by atoms with van der Waals surface area (Å²) in [6, 6.07) is 0. The van der Waals surface area contributed by atoms with Crippen LogP contribution in [0.4, 0.5) is 0 Å². The van der Waals surface area contributed by atoms with Crippen LogP contribution in [0.2, 0.25) is 0 Å². The molecule has 0 radical (unpaired) electrons. The fraction of sp³-hybridized carbons (Fsp3) is 1.00. The van der Waals surface area contributed by atoms with Crippen LogP contribution in [0.5, 0.6) is 0 Å². The van der Waals surface area contributed by atoms with E-state index in [1.165, 1.54) is 12.8 Å². The minimum atomic E-state index is 0.361. The van der Waals surface area contributed by atoms with E-state index in [9.17, 15) is 0 Å². The molecule has 1 saturated heterocycles. The normalized spacial score (nSPS) is 33.0. The lowest BCUT2D eigenvalue weighted by molar-refractivity contribution is 0.0648. The van der Waals surface area contributed by atoms with Gasteiger partial charge in [0.05, 0.1) is 19.3 Å². The summed E-state index contributed by atoms with van der Waals surface area (Å²) in [5, 5.41) is 0. The summed E-state index contributed by atoms with van der Waals surface area (Å²) in [6.07, 6.45) is 2.83. The average molecular weight is 144 g/mol. The Morgan fingerprint density at radius 1 is 1.50 bits per heavy atom. The van der Waals surface area contributed by atoms with Crippen molar-refractivity contribution in [3.8, 4) is 0 Å². The smallest absolute Gasteiger partial charge is 0.0854 e. The fourth-order valence-electron chi connectivity index (χ4n) is 1.48. The van der Waals surface area contributed by atoms with Gasteiger partial charge in [-0.1, -0.05) is 13.3 Å². The van der Waals surface area contributed by atoms with E-state index in [0.29, 0.717) is 12.0 Å². The number of hydrogen-bond donors (Lipinski definition) is 0. The van der Waals surface area contributed by atoms with Crippen molar-refractivity contribution in [3.63, 3.8) is 0 Å². The number of rotatable bonds is 3. The number of methoxy groups -OCH3 is 1. The van der Waals surface area contributed by atoms with Crippen LogP contribution in [-0.4, -0.2) is 26.4 Å². The monoisotopic (exact) mass is 144 g/mol. The molecule has 0 bridgehead atoms. The molecule has 1 heterocycles. The summed E-state index contributed by atoms with van der Waals surface area (Å²) in [4.78, 5) is 0. The van der Waals surface area contributed by atoms with Crippen molar-refractivity contribution in [1.82, 2.24) is 0 Å². The third-order valence-corrected chi connectivity index (χ3v) is 2.10. The van der Waals surface area contributed by atoms with Crippen LogP contribution in [0.25, 0.3) is 0 Å². The topological polar surface area (TPSA) is 18.5 Å². The minimum Gasteiger partial charge on any atom is -0.379 e. The van der Waals surface area contributed by atoms with Crippen molar-refractivity contribution >= 4 is 0 Å². The van der Waals surface area contributed by atoms with Crippen molar-refractivity contribution in [2.45, 2.75) is 25.9 Å². The summed E-state index contributed by atoms with van der Waals surface area (Å²) in [5.74, 6) is 0.648. The molecule has 0 amide bonds. The van der Waals surface area contributed by atoms with Crippen molar-refractivity contribution in [2.24, 2.45) is 5.92 Å². The molecule has 2 atom stereocenters. The first-order chi connectivity index (χ1) is 4.88. The maximum absolute atomic E-state index is 5.29. The summed E-state index contributed by atoms with van der Waals surface area (Å²) < 4.78 is 10.5. The van der Waals surface area contributed by atoms with E-state index in [-0.39, 0.29) is 0 Å². The van der Waals surface area contributed by atoms with Crippen LogP contribution in [0, 0.1) is 5.92 Å². The predicted octanol–water partition coefficient (Wildman–Crippen LogP) is 1.45. The lowest BCUT2D eigenvalue weighted by atomic mass is 10.0. The Labute approximate surface area is 62.5 Å². The van der Waals surface area contributed by atoms with Crippen LogP contribution in [-0.2, 0) is 9.47 Å². The lowest BCUT2D eigenvalue weighted by Gasteiger charge is -2.13. The highest BCUT2D eigenvalue weighted by Crippen LogP contribution is 2.20. The molecule has 2 heteroatoms. The third kappa shape index (κ3) is 1.70. The predicted molar refractivity (Wildman–Crippen MR) is 40.0 cm³/mol. The quantitative estimate of drug-likeness (QED) is 0.597. The summed E-state index contributed by atoms with van der Waals surface area (Å²) in [6.45, 7) is 3.89. The average Bonchev–Trinajstić information content (AvgIpc) is 2.36. The van der Waals surface area contributed by atoms with Gasteiger partial charge >= 0.3 is 0 Å². The molecule has 10 heavy (non-hydrogen) atoms. The molecule has 60 valence electrons. The van der Waals surface area contributed by atoms with Gasteiger partial charge in [-0.2, -0.15) is 0 Å². The molecular formula is C8H16O2. The second-order valence-corrected chi connectivity index (χ2v) is 2.86. The standard InChI is InChI=1S/C8H16O2/c1-3-4-7-5-10-6-8(7)9-2/h7-8H,3-6H2,1-2H3. The van der Waals surface area contributed by atoms with Gasteiger partial charge in [-0.15, -0.1) is 0 Å². The maximum Gasteiger partial charge on any atom is 0.0854 e. The second kappa shape index (κ2) is 3.94. The van der Waals surface area contributed by atoms with Crippen molar-refractivity contribution in [2.75, 3.05) is 20.3 Å². The summed E-state index contributed by atoms with van der Waals surface area (Å²) >= 11 is 0. The van der Waals surface area contributed by atoms with Gasteiger partial charge in [0.2, 0.25) is 0 Å². The molecule has 1 fully saturated rings. The first kappa shape index (κ1) is 8.02. The zero-order valence-electron chi connectivity index (χ0n) is 6.80. The van der Waals surface area contributed by atoms with Crippen molar-refractivity contribution < 1.29 is 9.47 Å². The van der Waals surface area contributed by atoms with E-state index in [1.807, 2.05) is 0 Å². The molecule has 1 aliphatic heterocycles. The Kier molecular flexibility index (Phi) is 3.16. The SMILES string of the molecule is CCCC1COCC1OC. The van der Waals surface area contributed by atoms with E-state index >= 15 is 0 Å². The van der Waals surface area contributed by atoms with Crippen LogP contribution >= 0.6 is 0 Å². The van der Waals surface area contributed by atoms with Crippen molar-refractivity contribution in [3.05, 3.63) is 0 Å². The Morgan fingerprint density at radius 3 is 2.90 bits per heavy atom. The highest BCUT2D eigenvalue weighted by Gasteiger charge is 2.26. The summed E-state index contributed by atoms with van der Waals surface area (Å²) in [7, 11) is 1.77. The second-order valence-electron chi connectivity index (χ2n) is 2.86. The van der Waals surface area contributed by atoms with E-state index in [2.05, 4.69) is 6.92 Å². The third-order valence-electron chi connectivity index (χ3n) is 2.10. The molecule has 2 nitrogen and oxygen atoms in total. The molecule has 0 aromatic carbocycles. The van der Waals surface area contributed by atoms with E-state index in [1.54, 1.807) is 7.11 Å². The van der Waals surface area contributed by atoms with Crippen LogP contribution in [0.3, 0.4) is 0 Å². The highest BCUT2D eigenvalue weighted by molar-refractivity contribution is 4.74. The maximum atomic E-state index is 5.29. The summed E-state index contributed by atoms with van der Waals surface area (Å²) in [5.41, 5.74) is 0. The molecule has 1 aliphatic rings. The molecule has 0 aliphatic carbocycles. The molecule has 0 aromatic heterocycles. The Hall–Kier alpha value is -0.0800. The zero-order chi connectivity index (χ0) is 7.40. The number of ether oxygens (including phenoxy) is 2. The lowest BCUT2D eigenvalue weighted by Crippen LogP contribution is -2.20. The van der Waals surface area contributed by atoms with Gasteiger partial charge in [0.15, 0.2) is 0 Å². The van der Waals surface area contributed by atoms with E-state index in [0.717, 1.165) is 13.2 Å². The Balaban J connectivity index is 2.27. The Bertz CT molecular complexity index is 93.3. The molecule has 2 unspecified atom stereocenters. The van der Waals surface area contributed by atoms with Crippen LogP contribution in [0.15, 0.2) is 0 Å². The Morgan fingerprint density at radius 2 is 2.30 bits per heavy atom. The fourth-order valence-corrected chi connectivity index (χ4v) is 1.48. The molecule has 0 spiro atoms. The van der Waals surface area contributed by atoms with Gasteiger partial charge in [-0.05, 0) is 6.42 Å². The van der Waals surface area contributed by atoms with E-state index < -0.39 is 0 Å². The molecule has 0 saturated carbocycles. The minimum absolute atomic E-state index is 0.361. The van der Waals surface area contributed by atoms with Gasteiger partial charge in [-0.25, -0.2) is 0 Å². The van der Waals surface area contributed by atoms with Crippen LogP contribution < -0.4 is 0 Å². The van der Waals surface area contributed by atoms with Gasteiger partial charge in [0, 0.05) is 13.0 Å². The first-order valence-electron chi connectivity index (χ1n) is 3.99.